The van der Waals surface area contributed by atoms with Gasteiger partial charge in [0, 0.05) is 6.20 Å². The third-order valence-corrected chi connectivity index (χ3v) is 3.08. The van der Waals surface area contributed by atoms with Gasteiger partial charge in [-0.2, -0.15) is 0 Å². The average molecular weight is 293 g/mol. The molecule has 1 heterocycles. The Labute approximate surface area is 122 Å². The molecule has 2 N–H and O–H groups in total. The fourth-order valence-electron chi connectivity index (χ4n) is 1.58. The van der Waals surface area contributed by atoms with Crippen molar-refractivity contribution in [3.8, 4) is 5.75 Å². The summed E-state index contributed by atoms with van der Waals surface area (Å²) >= 11 is 11.0. The molecule has 0 saturated carbocycles. The minimum atomic E-state index is 0.274. The Kier molecular flexibility index (Phi) is 4.35. The van der Waals surface area contributed by atoms with E-state index in [1.165, 1.54) is 0 Å². The van der Waals surface area contributed by atoms with E-state index >= 15 is 0 Å². The van der Waals surface area contributed by atoms with E-state index in [-0.39, 0.29) is 4.99 Å². The van der Waals surface area contributed by atoms with Crippen molar-refractivity contribution in [1.82, 2.24) is 4.98 Å². The lowest BCUT2D eigenvalue weighted by atomic mass is 10.2. The molecule has 0 amide bonds. The second-order valence-electron chi connectivity index (χ2n) is 4.14. The number of pyridine rings is 1. The van der Waals surface area contributed by atoms with Gasteiger partial charge in [0.05, 0.1) is 10.7 Å². The Morgan fingerprint density at radius 3 is 2.89 bits per heavy atom. The standard InChI is InChI=1S/C14H13ClN2OS/c1-9-2-3-11(15)13(6-9)18-8-10-4-5-17-12(7-10)14(16)19/h2-7H,8H2,1H3,(H2,16,19). The topological polar surface area (TPSA) is 48.1 Å². The van der Waals surface area contributed by atoms with Crippen LogP contribution in [0.15, 0.2) is 36.5 Å². The quantitative estimate of drug-likeness (QED) is 0.879. The lowest BCUT2D eigenvalue weighted by Gasteiger charge is -2.09. The van der Waals surface area contributed by atoms with Gasteiger partial charge >= 0.3 is 0 Å². The maximum Gasteiger partial charge on any atom is 0.138 e. The van der Waals surface area contributed by atoms with Crippen LogP contribution in [0.25, 0.3) is 0 Å². The molecule has 19 heavy (non-hydrogen) atoms. The van der Waals surface area contributed by atoms with E-state index < -0.39 is 0 Å². The van der Waals surface area contributed by atoms with Crippen LogP contribution in [0.3, 0.4) is 0 Å². The number of nitrogens with two attached hydrogens (primary N) is 1. The van der Waals surface area contributed by atoms with Crippen LogP contribution < -0.4 is 10.5 Å². The summed E-state index contributed by atoms with van der Waals surface area (Å²) in [5, 5.41) is 0.592. The Bertz CT molecular complexity index is 616. The molecular weight excluding hydrogens is 280 g/mol. The summed E-state index contributed by atoms with van der Waals surface area (Å²) in [6.45, 7) is 2.38. The first-order chi connectivity index (χ1) is 9.06. The number of aryl methyl sites for hydroxylation is 1. The van der Waals surface area contributed by atoms with Gasteiger partial charge < -0.3 is 10.5 Å². The second-order valence-corrected chi connectivity index (χ2v) is 4.98. The number of rotatable bonds is 4. The number of nitrogens with zero attached hydrogens (tertiary/aromatic N) is 1. The molecular formula is C14H13ClN2OS. The van der Waals surface area contributed by atoms with Crippen LogP contribution >= 0.6 is 23.8 Å². The SMILES string of the molecule is Cc1ccc(Cl)c(OCc2ccnc(C(N)=S)c2)c1. The normalized spacial score (nSPS) is 10.2. The van der Waals surface area contributed by atoms with Crippen molar-refractivity contribution in [2.45, 2.75) is 13.5 Å². The predicted molar refractivity (Wildman–Crippen MR) is 80.6 cm³/mol. The molecule has 3 nitrogen and oxygen atoms in total. The summed E-state index contributed by atoms with van der Waals surface area (Å²) in [5.74, 6) is 0.662. The molecule has 0 spiro atoms. The summed E-state index contributed by atoms with van der Waals surface area (Å²) in [7, 11) is 0. The highest BCUT2D eigenvalue weighted by Crippen LogP contribution is 2.26. The Balaban J connectivity index is 2.12. The minimum absolute atomic E-state index is 0.274. The van der Waals surface area contributed by atoms with Crippen molar-refractivity contribution in [2.24, 2.45) is 5.73 Å². The molecule has 2 aromatic rings. The maximum absolute atomic E-state index is 6.07. The van der Waals surface area contributed by atoms with Gasteiger partial charge in [0.2, 0.25) is 0 Å². The largest absolute Gasteiger partial charge is 0.487 e. The highest BCUT2D eigenvalue weighted by Gasteiger charge is 2.04. The number of thiocarbonyl (C=S) groups is 1. The number of halogens is 1. The predicted octanol–water partition coefficient (Wildman–Crippen LogP) is 3.26. The molecule has 0 bridgehead atoms. The van der Waals surface area contributed by atoms with Crippen LogP contribution in [-0.4, -0.2) is 9.97 Å². The van der Waals surface area contributed by atoms with Gasteiger partial charge in [0.25, 0.3) is 0 Å². The van der Waals surface area contributed by atoms with E-state index in [9.17, 15) is 0 Å². The zero-order chi connectivity index (χ0) is 13.8. The van der Waals surface area contributed by atoms with E-state index in [0.717, 1.165) is 11.1 Å². The summed E-state index contributed by atoms with van der Waals surface area (Å²) in [6, 6.07) is 9.32. The van der Waals surface area contributed by atoms with E-state index in [4.69, 9.17) is 34.3 Å². The second kappa shape index (κ2) is 5.99. The zero-order valence-electron chi connectivity index (χ0n) is 10.4. The third-order valence-electron chi connectivity index (χ3n) is 2.56. The maximum atomic E-state index is 6.07. The molecule has 98 valence electrons. The van der Waals surface area contributed by atoms with Crippen molar-refractivity contribution in [2.75, 3.05) is 0 Å². The first-order valence-corrected chi connectivity index (χ1v) is 6.48. The van der Waals surface area contributed by atoms with Gasteiger partial charge in [0.15, 0.2) is 0 Å². The van der Waals surface area contributed by atoms with Gasteiger partial charge in [-0.15, -0.1) is 0 Å². The van der Waals surface area contributed by atoms with E-state index in [2.05, 4.69) is 4.98 Å². The van der Waals surface area contributed by atoms with E-state index in [1.807, 2.05) is 37.3 Å². The fourth-order valence-corrected chi connectivity index (χ4v) is 1.86. The van der Waals surface area contributed by atoms with Crippen LogP contribution in [-0.2, 0) is 6.61 Å². The Hall–Kier alpha value is -1.65. The Morgan fingerprint density at radius 1 is 1.37 bits per heavy atom. The summed E-state index contributed by atoms with van der Waals surface area (Å²) < 4.78 is 5.69. The number of benzene rings is 1. The van der Waals surface area contributed by atoms with Gasteiger partial charge in [0.1, 0.15) is 17.3 Å². The van der Waals surface area contributed by atoms with Crippen LogP contribution in [0.2, 0.25) is 5.02 Å². The lowest BCUT2D eigenvalue weighted by molar-refractivity contribution is 0.306. The fraction of sp³-hybridized carbons (Fsp3) is 0.143. The van der Waals surface area contributed by atoms with Crippen molar-refractivity contribution in [3.05, 3.63) is 58.4 Å². The van der Waals surface area contributed by atoms with Crippen LogP contribution in [0.1, 0.15) is 16.8 Å². The van der Waals surface area contributed by atoms with E-state index in [1.54, 1.807) is 6.20 Å². The van der Waals surface area contributed by atoms with Crippen molar-refractivity contribution < 1.29 is 4.74 Å². The summed E-state index contributed by atoms with van der Waals surface area (Å²) in [6.07, 6.45) is 1.66. The van der Waals surface area contributed by atoms with Gasteiger partial charge in [-0.05, 0) is 42.3 Å². The molecule has 2 rings (SSSR count). The number of ether oxygens (including phenoxy) is 1. The molecule has 0 aliphatic rings. The van der Waals surface area contributed by atoms with Gasteiger partial charge in [-0.3, -0.25) is 4.98 Å². The Morgan fingerprint density at radius 2 is 2.16 bits per heavy atom. The average Bonchev–Trinajstić information content (AvgIpc) is 2.40. The number of hydrogen-bond donors (Lipinski definition) is 1. The molecule has 1 aromatic heterocycles. The molecule has 0 unspecified atom stereocenters. The van der Waals surface area contributed by atoms with Gasteiger partial charge in [-0.25, -0.2) is 0 Å². The van der Waals surface area contributed by atoms with Crippen molar-refractivity contribution >= 4 is 28.8 Å². The van der Waals surface area contributed by atoms with E-state index in [0.29, 0.717) is 23.1 Å². The molecule has 0 saturated heterocycles. The van der Waals surface area contributed by atoms with Crippen molar-refractivity contribution in [1.29, 1.82) is 0 Å². The monoisotopic (exact) mass is 292 g/mol. The number of aromatic nitrogens is 1. The highest BCUT2D eigenvalue weighted by atomic mass is 35.5. The van der Waals surface area contributed by atoms with Crippen LogP contribution in [0.4, 0.5) is 0 Å². The van der Waals surface area contributed by atoms with Crippen molar-refractivity contribution in [3.63, 3.8) is 0 Å². The molecule has 0 radical (unpaired) electrons. The molecule has 0 atom stereocenters. The summed E-state index contributed by atoms with van der Waals surface area (Å²) in [5.41, 5.74) is 8.17. The third kappa shape index (κ3) is 3.66. The smallest absolute Gasteiger partial charge is 0.138 e. The summed E-state index contributed by atoms with van der Waals surface area (Å²) in [4.78, 5) is 4.35. The number of hydrogen-bond acceptors (Lipinski definition) is 3. The minimum Gasteiger partial charge on any atom is -0.487 e. The molecule has 0 aliphatic carbocycles. The highest BCUT2D eigenvalue weighted by molar-refractivity contribution is 7.80. The van der Waals surface area contributed by atoms with Gasteiger partial charge in [-0.1, -0.05) is 29.9 Å². The molecule has 0 fully saturated rings. The lowest BCUT2D eigenvalue weighted by Crippen LogP contribution is -2.12. The van der Waals surface area contributed by atoms with Crippen LogP contribution in [0, 0.1) is 6.92 Å². The molecule has 5 heteroatoms. The zero-order valence-corrected chi connectivity index (χ0v) is 12.0. The van der Waals surface area contributed by atoms with Crippen LogP contribution in [0.5, 0.6) is 5.75 Å². The first-order valence-electron chi connectivity index (χ1n) is 5.70. The first kappa shape index (κ1) is 13.8. The molecule has 1 aromatic carbocycles. The molecule has 0 aliphatic heterocycles.